The van der Waals surface area contributed by atoms with Crippen LogP contribution in [-0.2, 0) is 16.0 Å². The largest absolute Gasteiger partial charge is 0.387 e. The number of pyridine rings is 3. The SMILES string of the molecule is CC(=O)Cc1ccc(-c2ccc3ncc4c(=O)[nH]c(=O)n(C5CCN(C(=O)CO)CC5)c4c3n2)cn1. The van der Waals surface area contributed by atoms with Crippen molar-refractivity contribution < 1.29 is 14.7 Å². The first-order chi connectivity index (χ1) is 17.4. The highest BCUT2D eigenvalue weighted by Crippen LogP contribution is 2.28. The average molecular weight is 489 g/mol. The number of hydrogen-bond donors (Lipinski definition) is 2. The molecule has 0 atom stereocenters. The summed E-state index contributed by atoms with van der Waals surface area (Å²) < 4.78 is 1.55. The number of rotatable bonds is 5. The van der Waals surface area contributed by atoms with Gasteiger partial charge in [0, 0.05) is 49.2 Å². The maximum atomic E-state index is 13.1. The lowest BCUT2D eigenvalue weighted by Gasteiger charge is -2.33. The number of ketones is 1. The van der Waals surface area contributed by atoms with E-state index in [-0.39, 0.29) is 29.5 Å². The smallest absolute Gasteiger partial charge is 0.329 e. The maximum absolute atomic E-state index is 13.1. The lowest BCUT2D eigenvalue weighted by Crippen LogP contribution is -2.43. The van der Waals surface area contributed by atoms with Crippen molar-refractivity contribution >= 4 is 33.6 Å². The third-order valence-corrected chi connectivity index (χ3v) is 6.48. The first-order valence-corrected chi connectivity index (χ1v) is 11.6. The van der Waals surface area contributed by atoms with Crippen LogP contribution in [0.2, 0.25) is 0 Å². The second-order valence-electron chi connectivity index (χ2n) is 8.90. The number of amides is 1. The van der Waals surface area contributed by atoms with Crippen LogP contribution in [0.5, 0.6) is 0 Å². The zero-order chi connectivity index (χ0) is 25.4. The maximum Gasteiger partial charge on any atom is 0.329 e. The molecular weight excluding hydrogens is 464 g/mol. The molecule has 1 aliphatic heterocycles. The van der Waals surface area contributed by atoms with E-state index in [2.05, 4.69) is 15.0 Å². The molecule has 36 heavy (non-hydrogen) atoms. The predicted octanol–water partition coefficient (Wildman–Crippen LogP) is 0.982. The normalized spacial score (nSPS) is 14.4. The Bertz CT molecular complexity index is 1600. The molecule has 0 aliphatic carbocycles. The number of carbonyl (C=O) groups excluding carboxylic acids is 2. The van der Waals surface area contributed by atoms with Gasteiger partial charge in [0.25, 0.3) is 5.56 Å². The van der Waals surface area contributed by atoms with Crippen LogP contribution in [-0.4, -0.2) is 65.9 Å². The van der Waals surface area contributed by atoms with E-state index in [1.54, 1.807) is 33.9 Å². The standard InChI is InChI=1S/C25H24N6O5/c1-14(33)10-16-3-2-15(11-26-16)19-4-5-20-22(28-19)23-18(12-27-20)24(35)29-25(36)31(23)17-6-8-30(9-7-17)21(34)13-32/h2-5,11-12,17,32H,6-10,13H2,1H3,(H,29,35,36). The zero-order valence-corrected chi connectivity index (χ0v) is 19.6. The van der Waals surface area contributed by atoms with Crippen LogP contribution in [0.15, 0.2) is 46.2 Å². The summed E-state index contributed by atoms with van der Waals surface area (Å²) in [6, 6.07) is 6.89. The summed E-state index contributed by atoms with van der Waals surface area (Å²) in [5, 5.41) is 9.40. The van der Waals surface area contributed by atoms with Gasteiger partial charge in [0.2, 0.25) is 5.91 Å². The van der Waals surface area contributed by atoms with Gasteiger partial charge in [-0.2, -0.15) is 0 Å². The number of nitrogens with zero attached hydrogens (tertiary/aromatic N) is 5. The Labute approximate surface area is 204 Å². The molecule has 184 valence electrons. The number of hydrogen-bond acceptors (Lipinski definition) is 8. The van der Waals surface area contributed by atoms with Gasteiger partial charge in [-0.15, -0.1) is 0 Å². The van der Waals surface area contributed by atoms with E-state index >= 15 is 0 Å². The number of aromatic amines is 1. The highest BCUT2D eigenvalue weighted by Gasteiger charge is 2.26. The number of carbonyl (C=O) groups is 2. The monoisotopic (exact) mass is 488 g/mol. The minimum absolute atomic E-state index is 0.0198. The highest BCUT2D eigenvalue weighted by atomic mass is 16.3. The number of aromatic nitrogens is 5. The minimum Gasteiger partial charge on any atom is -0.387 e. The Hall–Kier alpha value is -4.25. The van der Waals surface area contributed by atoms with Gasteiger partial charge in [-0.3, -0.25) is 33.9 Å². The van der Waals surface area contributed by atoms with E-state index in [1.165, 1.54) is 13.1 Å². The van der Waals surface area contributed by atoms with E-state index in [4.69, 9.17) is 10.1 Å². The van der Waals surface area contributed by atoms with Crippen molar-refractivity contribution in [2.75, 3.05) is 19.7 Å². The third kappa shape index (κ3) is 4.29. The molecule has 5 heterocycles. The first kappa shape index (κ1) is 23.5. The predicted molar refractivity (Wildman–Crippen MR) is 131 cm³/mol. The Balaban J connectivity index is 1.63. The molecule has 1 aliphatic rings. The number of nitrogens with one attached hydrogen (secondary N) is 1. The van der Waals surface area contributed by atoms with E-state index in [1.807, 2.05) is 6.07 Å². The number of fused-ring (bicyclic) bond motifs is 3. The Morgan fingerprint density at radius 2 is 1.86 bits per heavy atom. The molecule has 1 amide bonds. The Morgan fingerprint density at radius 3 is 2.53 bits per heavy atom. The van der Waals surface area contributed by atoms with Gasteiger partial charge < -0.3 is 10.0 Å². The van der Waals surface area contributed by atoms with Gasteiger partial charge in [0.15, 0.2) is 0 Å². The van der Waals surface area contributed by atoms with Crippen LogP contribution in [0, 0.1) is 0 Å². The molecular formula is C25H24N6O5. The lowest BCUT2D eigenvalue weighted by molar-refractivity contribution is -0.135. The molecule has 11 heteroatoms. The van der Waals surface area contributed by atoms with Crippen molar-refractivity contribution in [3.05, 3.63) is 63.2 Å². The van der Waals surface area contributed by atoms with Crippen LogP contribution >= 0.6 is 0 Å². The van der Waals surface area contributed by atoms with Crippen LogP contribution in [0.1, 0.15) is 31.5 Å². The zero-order valence-electron chi connectivity index (χ0n) is 19.6. The van der Waals surface area contributed by atoms with E-state index in [0.29, 0.717) is 53.9 Å². The van der Waals surface area contributed by atoms with Crippen LogP contribution < -0.4 is 11.2 Å². The number of H-pyrrole nitrogens is 1. The molecule has 11 nitrogen and oxygen atoms in total. The van der Waals surface area contributed by atoms with Gasteiger partial charge in [-0.05, 0) is 44.0 Å². The first-order valence-electron chi connectivity index (χ1n) is 11.6. The number of Topliss-reactive ketones (excluding diaryl/α,β-unsaturated/α-hetero) is 1. The van der Waals surface area contributed by atoms with Crippen LogP contribution in [0.3, 0.4) is 0 Å². The summed E-state index contributed by atoms with van der Waals surface area (Å²) in [7, 11) is 0. The average Bonchev–Trinajstić information content (AvgIpc) is 2.88. The summed E-state index contributed by atoms with van der Waals surface area (Å²) in [6.07, 6.45) is 4.29. The molecule has 0 saturated carbocycles. The second-order valence-corrected chi connectivity index (χ2v) is 8.90. The summed E-state index contributed by atoms with van der Waals surface area (Å²) >= 11 is 0. The molecule has 0 bridgehead atoms. The van der Waals surface area contributed by atoms with Gasteiger partial charge in [-0.1, -0.05) is 0 Å². The van der Waals surface area contributed by atoms with Gasteiger partial charge in [0.1, 0.15) is 17.9 Å². The number of aliphatic hydroxyl groups is 1. The van der Waals surface area contributed by atoms with Crippen molar-refractivity contribution in [3.63, 3.8) is 0 Å². The van der Waals surface area contributed by atoms with Crippen LogP contribution in [0.4, 0.5) is 0 Å². The third-order valence-electron chi connectivity index (χ3n) is 6.48. The Morgan fingerprint density at radius 1 is 1.08 bits per heavy atom. The van der Waals surface area contributed by atoms with Crippen molar-refractivity contribution in [3.8, 4) is 11.3 Å². The summed E-state index contributed by atoms with van der Waals surface area (Å²) in [5.41, 5.74) is 2.20. The topological polar surface area (TPSA) is 151 Å². The molecule has 0 radical (unpaired) electrons. The molecule has 1 fully saturated rings. The van der Waals surface area contributed by atoms with Crippen molar-refractivity contribution in [2.24, 2.45) is 0 Å². The molecule has 0 unspecified atom stereocenters. The van der Waals surface area contributed by atoms with Gasteiger partial charge in [-0.25, -0.2) is 9.78 Å². The fourth-order valence-electron chi connectivity index (χ4n) is 4.71. The molecule has 4 aromatic rings. The lowest BCUT2D eigenvalue weighted by atomic mass is 10.0. The van der Waals surface area contributed by atoms with E-state index in [9.17, 15) is 19.2 Å². The van der Waals surface area contributed by atoms with Crippen molar-refractivity contribution in [2.45, 2.75) is 32.2 Å². The van der Waals surface area contributed by atoms with Gasteiger partial charge >= 0.3 is 5.69 Å². The summed E-state index contributed by atoms with van der Waals surface area (Å²) in [4.78, 5) is 66.4. The van der Waals surface area contributed by atoms with E-state index in [0.717, 1.165) is 5.56 Å². The minimum atomic E-state index is -0.556. The fourth-order valence-corrected chi connectivity index (χ4v) is 4.71. The van der Waals surface area contributed by atoms with Gasteiger partial charge in [0.05, 0.1) is 22.1 Å². The molecule has 4 aromatic heterocycles. The molecule has 2 N–H and O–H groups in total. The van der Waals surface area contributed by atoms with Crippen molar-refractivity contribution in [1.82, 2.24) is 29.4 Å². The molecule has 5 rings (SSSR count). The molecule has 0 aromatic carbocycles. The van der Waals surface area contributed by atoms with Crippen molar-refractivity contribution in [1.29, 1.82) is 0 Å². The fraction of sp³-hybridized carbons (Fsp3) is 0.320. The number of piperidine rings is 1. The number of likely N-dealkylation sites (tertiary alicyclic amines) is 1. The van der Waals surface area contributed by atoms with Crippen LogP contribution in [0.25, 0.3) is 33.2 Å². The second kappa shape index (κ2) is 9.42. The quantitative estimate of drug-likeness (QED) is 0.395. The summed E-state index contributed by atoms with van der Waals surface area (Å²) in [5.74, 6) is -0.331. The van der Waals surface area contributed by atoms with E-state index < -0.39 is 17.9 Å². The molecule has 0 spiro atoms. The molecule has 1 saturated heterocycles. The Kier molecular flexibility index (Phi) is 6.15. The number of aliphatic hydroxyl groups excluding tert-OH is 1. The summed E-state index contributed by atoms with van der Waals surface area (Å²) in [6.45, 7) is 1.72. The highest BCUT2D eigenvalue weighted by molar-refractivity contribution is 6.01.